The number of rotatable bonds is 8. The van der Waals surface area contributed by atoms with Gasteiger partial charge in [-0.05, 0) is 30.0 Å². The molecule has 1 atom stereocenters. The van der Waals surface area contributed by atoms with E-state index in [0.717, 1.165) is 12.0 Å². The van der Waals surface area contributed by atoms with Crippen LogP contribution in [0.15, 0.2) is 45.9 Å². The Bertz CT molecular complexity index is 769. The minimum absolute atomic E-state index is 0.162. The highest BCUT2D eigenvalue weighted by Crippen LogP contribution is 2.28. The highest BCUT2D eigenvalue weighted by atomic mass is 16.6. The summed E-state index contributed by atoms with van der Waals surface area (Å²) in [5, 5.41) is 14.2. The Labute approximate surface area is 144 Å². The number of carbonyl (C=O) groups is 1. The Kier molecular flexibility index (Phi) is 6.27. The minimum atomic E-state index is -0.654. The summed E-state index contributed by atoms with van der Waals surface area (Å²) in [5.41, 5.74) is 3.32. The third kappa shape index (κ3) is 5.17. The van der Waals surface area contributed by atoms with Crippen molar-refractivity contribution < 1.29 is 18.9 Å². The van der Waals surface area contributed by atoms with Crippen molar-refractivity contribution in [1.82, 2.24) is 5.43 Å². The molecule has 0 saturated carbocycles. The molecule has 0 fully saturated rings. The van der Waals surface area contributed by atoms with Crippen molar-refractivity contribution in [2.75, 3.05) is 6.61 Å². The van der Waals surface area contributed by atoms with Crippen LogP contribution < -0.4 is 10.2 Å². The fourth-order valence-electron chi connectivity index (χ4n) is 2.09. The van der Waals surface area contributed by atoms with Crippen LogP contribution in [0.3, 0.4) is 0 Å². The third-order valence-corrected chi connectivity index (χ3v) is 3.59. The van der Waals surface area contributed by atoms with Crippen LogP contribution in [0.4, 0.5) is 5.88 Å². The zero-order valence-corrected chi connectivity index (χ0v) is 14.0. The molecule has 0 saturated heterocycles. The van der Waals surface area contributed by atoms with E-state index in [-0.39, 0.29) is 12.4 Å². The lowest BCUT2D eigenvalue weighted by molar-refractivity contribution is -0.402. The largest absolute Gasteiger partial charge is 0.483 e. The molecule has 0 aliphatic carbocycles. The molecule has 0 bridgehead atoms. The van der Waals surface area contributed by atoms with Gasteiger partial charge >= 0.3 is 5.88 Å². The number of benzene rings is 1. The summed E-state index contributed by atoms with van der Waals surface area (Å²) in [6.45, 7) is 3.99. The van der Waals surface area contributed by atoms with Crippen LogP contribution in [0, 0.1) is 10.1 Å². The molecule has 0 aliphatic heterocycles. The maximum Gasteiger partial charge on any atom is 0.433 e. The minimum Gasteiger partial charge on any atom is -0.483 e. The summed E-state index contributed by atoms with van der Waals surface area (Å²) in [6.07, 6.45) is 2.14. The lowest BCUT2D eigenvalue weighted by Crippen LogP contribution is -2.24. The quantitative estimate of drug-likeness (QED) is 0.449. The van der Waals surface area contributed by atoms with Crippen LogP contribution in [0.25, 0.3) is 0 Å². The van der Waals surface area contributed by atoms with E-state index in [9.17, 15) is 14.9 Å². The highest BCUT2D eigenvalue weighted by molar-refractivity contribution is 5.81. The summed E-state index contributed by atoms with van der Waals surface area (Å²) in [7, 11) is 0. The highest BCUT2D eigenvalue weighted by Gasteiger charge is 2.12. The smallest absolute Gasteiger partial charge is 0.433 e. The van der Waals surface area contributed by atoms with Crippen LogP contribution in [-0.4, -0.2) is 23.7 Å². The van der Waals surface area contributed by atoms with Gasteiger partial charge in [0.1, 0.15) is 10.7 Å². The van der Waals surface area contributed by atoms with Crippen molar-refractivity contribution in [2.24, 2.45) is 5.10 Å². The van der Waals surface area contributed by atoms with Gasteiger partial charge in [-0.3, -0.25) is 14.9 Å². The standard InChI is InChI=1S/C17H19N3O5/c1-3-12(2)14-6-4-5-7-15(14)24-11-16(21)19-18-10-13-8-9-17(25-13)20(22)23/h4-10,12H,3,11H2,1-2H3,(H,19,21)/b18-10+. The second-order valence-electron chi connectivity index (χ2n) is 5.36. The lowest BCUT2D eigenvalue weighted by atomic mass is 9.98. The van der Waals surface area contributed by atoms with Crippen LogP contribution >= 0.6 is 0 Å². The van der Waals surface area contributed by atoms with E-state index < -0.39 is 16.7 Å². The number of nitrogens with one attached hydrogen (secondary N) is 1. The number of carbonyl (C=O) groups excluding carboxylic acids is 1. The molecule has 1 aromatic heterocycles. The van der Waals surface area contributed by atoms with E-state index in [4.69, 9.17) is 9.15 Å². The number of furan rings is 1. The summed E-state index contributed by atoms with van der Waals surface area (Å²) in [4.78, 5) is 21.6. The van der Waals surface area contributed by atoms with E-state index in [1.165, 1.54) is 18.3 Å². The average molecular weight is 345 g/mol. The van der Waals surface area contributed by atoms with E-state index in [0.29, 0.717) is 11.7 Å². The number of nitro groups is 1. The van der Waals surface area contributed by atoms with Gasteiger partial charge in [-0.2, -0.15) is 5.10 Å². The molecule has 132 valence electrons. The molecular formula is C17H19N3O5. The van der Waals surface area contributed by atoms with Gasteiger partial charge in [0.05, 0.1) is 12.3 Å². The molecule has 1 heterocycles. The second kappa shape index (κ2) is 8.62. The van der Waals surface area contributed by atoms with Crippen molar-refractivity contribution in [3.05, 3.63) is 57.8 Å². The average Bonchev–Trinajstić information content (AvgIpc) is 3.09. The summed E-state index contributed by atoms with van der Waals surface area (Å²) in [5.74, 6) is 0.314. The molecule has 8 heteroatoms. The van der Waals surface area contributed by atoms with Crippen molar-refractivity contribution in [3.63, 3.8) is 0 Å². The van der Waals surface area contributed by atoms with Gasteiger partial charge in [-0.1, -0.05) is 32.0 Å². The number of ether oxygens (including phenoxy) is 1. The van der Waals surface area contributed by atoms with Crippen LogP contribution in [0.1, 0.15) is 37.5 Å². The topological polar surface area (TPSA) is 107 Å². The summed E-state index contributed by atoms with van der Waals surface area (Å²) < 4.78 is 10.4. The van der Waals surface area contributed by atoms with Gasteiger partial charge in [0.15, 0.2) is 12.4 Å². The van der Waals surface area contributed by atoms with E-state index in [2.05, 4.69) is 24.4 Å². The number of hydrogen-bond acceptors (Lipinski definition) is 6. The Morgan fingerprint density at radius 3 is 2.84 bits per heavy atom. The van der Waals surface area contributed by atoms with Crippen molar-refractivity contribution >= 4 is 18.0 Å². The molecule has 25 heavy (non-hydrogen) atoms. The summed E-state index contributed by atoms with van der Waals surface area (Å²) in [6, 6.07) is 10.2. The number of para-hydroxylation sites is 1. The van der Waals surface area contributed by atoms with Crippen LogP contribution in [0.5, 0.6) is 5.75 Å². The number of hydrogen-bond donors (Lipinski definition) is 1. The first-order valence-corrected chi connectivity index (χ1v) is 7.79. The van der Waals surface area contributed by atoms with Crippen molar-refractivity contribution in [2.45, 2.75) is 26.2 Å². The first kappa shape index (κ1) is 18.2. The van der Waals surface area contributed by atoms with E-state index in [1.807, 2.05) is 24.3 Å². The van der Waals surface area contributed by atoms with Crippen molar-refractivity contribution in [1.29, 1.82) is 0 Å². The Hall–Kier alpha value is -3.16. The predicted octanol–water partition coefficient (Wildman–Crippen LogP) is 3.23. The molecule has 0 radical (unpaired) electrons. The molecule has 0 spiro atoms. The van der Waals surface area contributed by atoms with Gasteiger partial charge in [0, 0.05) is 0 Å². The predicted molar refractivity (Wildman–Crippen MR) is 91.7 cm³/mol. The zero-order valence-electron chi connectivity index (χ0n) is 14.0. The molecule has 8 nitrogen and oxygen atoms in total. The fraction of sp³-hybridized carbons (Fsp3) is 0.294. The number of hydrazone groups is 1. The third-order valence-electron chi connectivity index (χ3n) is 3.59. The number of nitrogens with zero attached hydrogens (tertiary/aromatic N) is 2. The normalized spacial score (nSPS) is 12.1. The molecule has 1 aromatic carbocycles. The van der Waals surface area contributed by atoms with E-state index >= 15 is 0 Å². The van der Waals surface area contributed by atoms with Gasteiger partial charge in [0.25, 0.3) is 5.91 Å². The first-order chi connectivity index (χ1) is 12.0. The van der Waals surface area contributed by atoms with Crippen molar-refractivity contribution in [3.8, 4) is 5.75 Å². The van der Waals surface area contributed by atoms with Gasteiger partial charge in [-0.15, -0.1) is 0 Å². The van der Waals surface area contributed by atoms with Gasteiger partial charge in [-0.25, -0.2) is 5.43 Å². The molecule has 1 amide bonds. The monoisotopic (exact) mass is 345 g/mol. The molecule has 2 rings (SSSR count). The maximum atomic E-state index is 11.8. The molecule has 2 aromatic rings. The van der Waals surface area contributed by atoms with Crippen LogP contribution in [0.2, 0.25) is 0 Å². The fourth-order valence-corrected chi connectivity index (χ4v) is 2.09. The first-order valence-electron chi connectivity index (χ1n) is 7.79. The molecule has 1 unspecified atom stereocenters. The Morgan fingerprint density at radius 1 is 1.40 bits per heavy atom. The SMILES string of the molecule is CCC(C)c1ccccc1OCC(=O)N/N=C/c1ccc([N+](=O)[O-])o1. The van der Waals surface area contributed by atoms with Gasteiger partial charge in [0.2, 0.25) is 0 Å². The maximum absolute atomic E-state index is 11.8. The Balaban J connectivity index is 1.86. The Morgan fingerprint density at radius 2 is 2.16 bits per heavy atom. The molecule has 0 aliphatic rings. The number of amides is 1. The zero-order chi connectivity index (χ0) is 18.2. The second-order valence-corrected chi connectivity index (χ2v) is 5.36. The molecule has 1 N–H and O–H groups in total. The van der Waals surface area contributed by atoms with E-state index in [1.54, 1.807) is 0 Å². The van der Waals surface area contributed by atoms with Gasteiger partial charge < -0.3 is 9.15 Å². The lowest BCUT2D eigenvalue weighted by Gasteiger charge is -2.15. The van der Waals surface area contributed by atoms with Crippen LogP contribution in [-0.2, 0) is 4.79 Å². The molecular weight excluding hydrogens is 326 g/mol. The summed E-state index contributed by atoms with van der Waals surface area (Å²) >= 11 is 0.